The third-order valence-electron chi connectivity index (χ3n) is 2.37. The summed E-state index contributed by atoms with van der Waals surface area (Å²) < 4.78 is 5.35. The van der Waals surface area contributed by atoms with Gasteiger partial charge < -0.3 is 4.74 Å². The predicted octanol–water partition coefficient (Wildman–Crippen LogP) is 2.53. The van der Waals surface area contributed by atoms with Crippen LogP contribution in [0.3, 0.4) is 0 Å². The van der Waals surface area contributed by atoms with Crippen LogP contribution in [0.15, 0.2) is 30.4 Å². The van der Waals surface area contributed by atoms with E-state index in [4.69, 9.17) is 4.74 Å². The Morgan fingerprint density at radius 1 is 1.53 bits per heavy atom. The quantitative estimate of drug-likeness (QED) is 0.423. The van der Waals surface area contributed by atoms with Gasteiger partial charge in [0, 0.05) is 6.07 Å². The number of hydrogen-bond acceptors (Lipinski definition) is 3. The smallest absolute Gasteiger partial charge is 0.275 e. The Morgan fingerprint density at radius 2 is 2.33 bits per heavy atom. The van der Waals surface area contributed by atoms with E-state index in [0.717, 1.165) is 5.56 Å². The molecule has 15 heavy (non-hydrogen) atoms. The van der Waals surface area contributed by atoms with Crippen LogP contribution in [0.1, 0.15) is 17.2 Å². The van der Waals surface area contributed by atoms with Gasteiger partial charge >= 0.3 is 0 Å². The van der Waals surface area contributed by atoms with Gasteiger partial charge in [0.2, 0.25) is 0 Å². The average molecular weight is 205 g/mol. The van der Waals surface area contributed by atoms with Gasteiger partial charge in [-0.2, -0.15) is 0 Å². The Hall–Kier alpha value is -1.68. The summed E-state index contributed by atoms with van der Waals surface area (Å²) in [5, 5.41) is 10.9. The first-order valence-corrected chi connectivity index (χ1v) is 4.71. The number of nitro groups is 1. The monoisotopic (exact) mass is 205 g/mol. The zero-order valence-corrected chi connectivity index (χ0v) is 8.34. The standard InChI is InChI=1S/C11H11NO3/c1-8-4-5-9(10(7-8)12(13)14)11-3-2-6-15-11/h2-5,7,11H,6H2,1H3. The second-order valence-corrected chi connectivity index (χ2v) is 3.50. The Kier molecular flexibility index (Phi) is 2.51. The molecule has 0 spiro atoms. The maximum Gasteiger partial charge on any atom is 0.275 e. The van der Waals surface area contributed by atoms with E-state index in [1.165, 1.54) is 0 Å². The molecule has 0 amide bonds. The van der Waals surface area contributed by atoms with Gasteiger partial charge in [0.15, 0.2) is 0 Å². The van der Waals surface area contributed by atoms with E-state index in [1.807, 2.05) is 25.1 Å². The normalized spacial score (nSPS) is 19.4. The molecule has 1 heterocycles. The number of nitro benzene ring substituents is 1. The summed E-state index contributed by atoms with van der Waals surface area (Å²) in [5.41, 5.74) is 1.64. The number of ether oxygens (including phenoxy) is 1. The van der Waals surface area contributed by atoms with Crippen LogP contribution >= 0.6 is 0 Å². The van der Waals surface area contributed by atoms with Crippen molar-refractivity contribution in [2.45, 2.75) is 13.0 Å². The number of aryl methyl sites for hydroxylation is 1. The summed E-state index contributed by atoms with van der Waals surface area (Å²) >= 11 is 0. The van der Waals surface area contributed by atoms with Gasteiger partial charge in [-0.25, -0.2) is 0 Å². The molecule has 0 bridgehead atoms. The van der Waals surface area contributed by atoms with Crippen molar-refractivity contribution in [1.82, 2.24) is 0 Å². The summed E-state index contributed by atoms with van der Waals surface area (Å²) in [6.45, 7) is 2.36. The highest BCUT2D eigenvalue weighted by Gasteiger charge is 2.22. The molecule has 1 aliphatic rings. The van der Waals surface area contributed by atoms with Crippen molar-refractivity contribution in [3.05, 3.63) is 51.6 Å². The topological polar surface area (TPSA) is 52.4 Å². The lowest BCUT2D eigenvalue weighted by Crippen LogP contribution is -2.01. The van der Waals surface area contributed by atoms with Gasteiger partial charge in [0.05, 0.1) is 17.1 Å². The molecule has 1 unspecified atom stereocenters. The number of rotatable bonds is 2. The molecule has 0 aromatic heterocycles. The summed E-state index contributed by atoms with van der Waals surface area (Å²) in [6.07, 6.45) is 3.44. The molecule has 78 valence electrons. The Bertz CT molecular complexity index is 426. The zero-order valence-electron chi connectivity index (χ0n) is 8.34. The largest absolute Gasteiger partial charge is 0.365 e. The van der Waals surface area contributed by atoms with E-state index < -0.39 is 0 Å². The van der Waals surface area contributed by atoms with Crippen LogP contribution in [0.25, 0.3) is 0 Å². The lowest BCUT2D eigenvalue weighted by molar-refractivity contribution is -0.386. The van der Waals surface area contributed by atoms with E-state index in [0.29, 0.717) is 12.2 Å². The molecule has 0 fully saturated rings. The summed E-state index contributed by atoms with van der Waals surface area (Å²) in [5.74, 6) is 0. The van der Waals surface area contributed by atoms with Crippen molar-refractivity contribution < 1.29 is 9.66 Å². The first kappa shape index (κ1) is 9.86. The molecule has 1 aromatic rings. The molecule has 1 aromatic carbocycles. The molecule has 0 radical (unpaired) electrons. The van der Waals surface area contributed by atoms with Crippen LogP contribution in [0.2, 0.25) is 0 Å². The summed E-state index contributed by atoms with van der Waals surface area (Å²) in [4.78, 5) is 10.5. The highest BCUT2D eigenvalue weighted by Crippen LogP contribution is 2.31. The predicted molar refractivity (Wildman–Crippen MR) is 55.7 cm³/mol. The summed E-state index contributed by atoms with van der Waals surface area (Å²) in [7, 11) is 0. The van der Waals surface area contributed by atoms with Gasteiger partial charge in [-0.15, -0.1) is 0 Å². The van der Waals surface area contributed by atoms with Crippen LogP contribution in [-0.4, -0.2) is 11.5 Å². The van der Waals surface area contributed by atoms with Crippen LogP contribution in [0, 0.1) is 17.0 Å². The van der Waals surface area contributed by atoms with E-state index in [-0.39, 0.29) is 16.7 Å². The molecular weight excluding hydrogens is 194 g/mol. The van der Waals surface area contributed by atoms with Gasteiger partial charge in [0.1, 0.15) is 6.10 Å². The van der Waals surface area contributed by atoms with Gasteiger partial charge in [-0.05, 0) is 18.6 Å². The van der Waals surface area contributed by atoms with Crippen molar-refractivity contribution in [2.75, 3.05) is 6.61 Å². The maximum absolute atomic E-state index is 10.9. The van der Waals surface area contributed by atoms with Crippen molar-refractivity contribution in [3.8, 4) is 0 Å². The molecule has 0 aliphatic carbocycles. The van der Waals surface area contributed by atoms with Crippen LogP contribution in [-0.2, 0) is 4.74 Å². The fraction of sp³-hybridized carbons (Fsp3) is 0.273. The zero-order chi connectivity index (χ0) is 10.8. The molecule has 2 rings (SSSR count). The third kappa shape index (κ3) is 1.89. The SMILES string of the molecule is Cc1ccc(C2C=CCO2)c([N+](=O)[O-])c1. The number of hydrogen-bond donors (Lipinski definition) is 0. The van der Waals surface area contributed by atoms with Gasteiger partial charge in [-0.1, -0.05) is 18.2 Å². The fourth-order valence-corrected chi connectivity index (χ4v) is 1.64. The minimum absolute atomic E-state index is 0.131. The molecule has 0 N–H and O–H groups in total. The minimum atomic E-state index is -0.363. The lowest BCUT2D eigenvalue weighted by atomic mass is 10.1. The van der Waals surface area contributed by atoms with Crippen molar-refractivity contribution in [1.29, 1.82) is 0 Å². The van der Waals surface area contributed by atoms with E-state index in [2.05, 4.69) is 0 Å². The van der Waals surface area contributed by atoms with Crippen molar-refractivity contribution >= 4 is 5.69 Å². The van der Waals surface area contributed by atoms with Gasteiger partial charge in [0.25, 0.3) is 5.69 Å². The Morgan fingerprint density at radius 3 is 2.93 bits per heavy atom. The molecule has 4 nitrogen and oxygen atoms in total. The van der Waals surface area contributed by atoms with E-state index in [9.17, 15) is 10.1 Å². The lowest BCUT2D eigenvalue weighted by Gasteiger charge is -2.09. The second kappa shape index (κ2) is 3.82. The number of benzene rings is 1. The average Bonchev–Trinajstić information content (AvgIpc) is 2.70. The number of nitrogens with zero attached hydrogens (tertiary/aromatic N) is 1. The molecule has 0 saturated heterocycles. The highest BCUT2D eigenvalue weighted by atomic mass is 16.6. The van der Waals surface area contributed by atoms with Crippen LogP contribution in [0.5, 0.6) is 0 Å². The molecular formula is C11H11NO3. The van der Waals surface area contributed by atoms with Gasteiger partial charge in [-0.3, -0.25) is 10.1 Å². The van der Waals surface area contributed by atoms with E-state index in [1.54, 1.807) is 12.1 Å². The molecule has 0 saturated carbocycles. The molecule has 1 aliphatic heterocycles. The Labute approximate surface area is 87.3 Å². The summed E-state index contributed by atoms with van der Waals surface area (Å²) in [6, 6.07) is 5.19. The fourth-order valence-electron chi connectivity index (χ4n) is 1.64. The van der Waals surface area contributed by atoms with E-state index >= 15 is 0 Å². The van der Waals surface area contributed by atoms with Crippen molar-refractivity contribution in [3.63, 3.8) is 0 Å². The maximum atomic E-state index is 10.9. The second-order valence-electron chi connectivity index (χ2n) is 3.50. The van der Waals surface area contributed by atoms with Crippen LogP contribution in [0.4, 0.5) is 5.69 Å². The highest BCUT2D eigenvalue weighted by molar-refractivity contribution is 5.46. The molecule has 1 atom stereocenters. The van der Waals surface area contributed by atoms with Crippen LogP contribution < -0.4 is 0 Å². The third-order valence-corrected chi connectivity index (χ3v) is 2.37. The first-order valence-electron chi connectivity index (χ1n) is 4.71. The minimum Gasteiger partial charge on any atom is -0.365 e. The molecule has 4 heteroatoms. The Balaban J connectivity index is 2.45. The first-order chi connectivity index (χ1) is 7.18. The van der Waals surface area contributed by atoms with Crippen molar-refractivity contribution in [2.24, 2.45) is 0 Å².